The molecule has 5 heteroatoms. The van der Waals surface area contributed by atoms with Crippen LogP contribution in [0.15, 0.2) is 24.3 Å². The van der Waals surface area contributed by atoms with E-state index in [1.165, 1.54) is 6.92 Å². The van der Waals surface area contributed by atoms with Gasteiger partial charge in [-0.2, -0.15) is 0 Å². The maximum atomic E-state index is 11.2. The number of rotatable bonds is 7. The van der Waals surface area contributed by atoms with Crippen LogP contribution in [0, 0.1) is 0 Å². The third-order valence-electron chi connectivity index (χ3n) is 4.08. The molecule has 1 aliphatic rings. The second kappa shape index (κ2) is 8.27. The van der Waals surface area contributed by atoms with Gasteiger partial charge in [0.05, 0.1) is 0 Å². The van der Waals surface area contributed by atoms with Crippen LogP contribution >= 0.6 is 0 Å². The summed E-state index contributed by atoms with van der Waals surface area (Å²) in [6.07, 6.45) is -0.499. The van der Waals surface area contributed by atoms with E-state index in [9.17, 15) is 9.90 Å². The van der Waals surface area contributed by atoms with E-state index < -0.39 is 6.10 Å². The number of carbonyl (C=O) groups is 1. The molecule has 1 aliphatic heterocycles. The highest BCUT2D eigenvalue weighted by Gasteiger charge is 2.18. The lowest BCUT2D eigenvalue weighted by atomic mass is 10.1. The van der Waals surface area contributed by atoms with E-state index in [4.69, 9.17) is 4.74 Å². The number of Topliss-reactive ketones (excluding diaryl/α,β-unsaturated/α-hetero) is 1. The van der Waals surface area contributed by atoms with Gasteiger partial charge in [-0.15, -0.1) is 0 Å². The van der Waals surface area contributed by atoms with Crippen molar-refractivity contribution in [1.29, 1.82) is 0 Å². The maximum Gasteiger partial charge on any atom is 0.159 e. The molecule has 122 valence electrons. The summed E-state index contributed by atoms with van der Waals surface area (Å²) in [7, 11) is 0. The van der Waals surface area contributed by atoms with Crippen molar-refractivity contribution in [2.75, 3.05) is 45.9 Å². The molecule has 1 aromatic rings. The molecule has 1 atom stereocenters. The average molecular weight is 306 g/mol. The van der Waals surface area contributed by atoms with Gasteiger partial charge in [0.25, 0.3) is 0 Å². The second-order valence-electron chi connectivity index (χ2n) is 5.78. The Morgan fingerprint density at radius 1 is 1.18 bits per heavy atom. The molecule has 0 saturated carbocycles. The fourth-order valence-corrected chi connectivity index (χ4v) is 2.62. The van der Waals surface area contributed by atoms with Crippen LogP contribution in [0.4, 0.5) is 0 Å². The van der Waals surface area contributed by atoms with Crippen LogP contribution in [-0.2, 0) is 0 Å². The number of aliphatic hydroxyl groups is 1. The summed E-state index contributed by atoms with van der Waals surface area (Å²) in [5.41, 5.74) is 0.668. The smallest absolute Gasteiger partial charge is 0.159 e. The number of ketones is 1. The molecule has 1 saturated heterocycles. The average Bonchev–Trinajstić information content (AvgIpc) is 2.54. The van der Waals surface area contributed by atoms with Crippen molar-refractivity contribution < 1.29 is 14.6 Å². The van der Waals surface area contributed by atoms with Crippen molar-refractivity contribution in [3.63, 3.8) is 0 Å². The first-order chi connectivity index (χ1) is 10.6. The van der Waals surface area contributed by atoms with Crippen molar-refractivity contribution in [1.82, 2.24) is 9.80 Å². The van der Waals surface area contributed by atoms with E-state index in [1.54, 1.807) is 24.3 Å². The van der Waals surface area contributed by atoms with Crippen LogP contribution in [-0.4, -0.2) is 72.7 Å². The molecule has 1 N–H and O–H groups in total. The van der Waals surface area contributed by atoms with Gasteiger partial charge in [0.1, 0.15) is 18.5 Å². The van der Waals surface area contributed by atoms with Crippen LogP contribution in [0.5, 0.6) is 5.75 Å². The number of likely N-dealkylation sites (N-methyl/N-ethyl adjacent to an activating group) is 1. The van der Waals surface area contributed by atoms with Crippen LogP contribution in [0.25, 0.3) is 0 Å². The predicted molar refractivity (Wildman–Crippen MR) is 86.5 cm³/mol. The number of carbonyl (C=O) groups excluding carboxylic acids is 1. The lowest BCUT2D eigenvalue weighted by Gasteiger charge is -2.34. The van der Waals surface area contributed by atoms with Crippen molar-refractivity contribution in [2.45, 2.75) is 20.0 Å². The molecule has 0 spiro atoms. The molecular weight excluding hydrogens is 280 g/mol. The van der Waals surface area contributed by atoms with Crippen LogP contribution in [0.2, 0.25) is 0 Å². The van der Waals surface area contributed by atoms with Crippen molar-refractivity contribution >= 4 is 5.78 Å². The van der Waals surface area contributed by atoms with Crippen LogP contribution in [0.1, 0.15) is 24.2 Å². The normalized spacial score (nSPS) is 18.1. The molecule has 2 rings (SSSR count). The number of nitrogens with zero attached hydrogens (tertiary/aromatic N) is 2. The number of hydrogen-bond acceptors (Lipinski definition) is 5. The fraction of sp³-hybridized carbons (Fsp3) is 0.588. The minimum absolute atomic E-state index is 0.0396. The lowest BCUT2D eigenvalue weighted by molar-refractivity contribution is 0.0471. The monoisotopic (exact) mass is 306 g/mol. The summed E-state index contributed by atoms with van der Waals surface area (Å²) >= 11 is 0. The highest BCUT2D eigenvalue weighted by atomic mass is 16.5. The minimum atomic E-state index is -0.499. The van der Waals surface area contributed by atoms with Gasteiger partial charge in [-0.1, -0.05) is 6.92 Å². The number of piperazine rings is 1. The molecule has 1 fully saturated rings. The Bertz CT molecular complexity index is 467. The van der Waals surface area contributed by atoms with Gasteiger partial charge in [-0.25, -0.2) is 0 Å². The molecule has 0 aromatic heterocycles. The van der Waals surface area contributed by atoms with E-state index in [0.717, 1.165) is 32.7 Å². The molecule has 0 aliphatic carbocycles. The van der Waals surface area contributed by atoms with Crippen LogP contribution in [0.3, 0.4) is 0 Å². The van der Waals surface area contributed by atoms with Gasteiger partial charge >= 0.3 is 0 Å². The highest BCUT2D eigenvalue weighted by molar-refractivity contribution is 5.94. The van der Waals surface area contributed by atoms with E-state index in [1.807, 2.05) is 0 Å². The minimum Gasteiger partial charge on any atom is -0.491 e. The SMILES string of the molecule is CCN1CCN(C[C@H](O)COc2ccc(C(C)=O)cc2)CC1. The zero-order chi connectivity index (χ0) is 15.9. The van der Waals surface area contributed by atoms with Crippen molar-refractivity contribution in [2.24, 2.45) is 0 Å². The number of benzene rings is 1. The number of aliphatic hydroxyl groups excluding tert-OH is 1. The molecule has 0 radical (unpaired) electrons. The number of β-amino-alcohol motifs (C(OH)–C–C–N with tert-alkyl or cyclic N) is 1. The predicted octanol–water partition coefficient (Wildman–Crippen LogP) is 1.27. The van der Waals surface area contributed by atoms with E-state index in [0.29, 0.717) is 17.9 Å². The Morgan fingerprint density at radius 3 is 2.32 bits per heavy atom. The number of ether oxygens (including phenoxy) is 1. The van der Waals surface area contributed by atoms with Crippen LogP contribution < -0.4 is 4.74 Å². The van der Waals surface area contributed by atoms with Crippen molar-refractivity contribution in [3.8, 4) is 5.75 Å². The summed E-state index contributed by atoms with van der Waals surface area (Å²) in [5.74, 6) is 0.720. The topological polar surface area (TPSA) is 53.0 Å². The van der Waals surface area contributed by atoms with E-state index in [-0.39, 0.29) is 12.4 Å². The zero-order valence-corrected chi connectivity index (χ0v) is 13.5. The summed E-state index contributed by atoms with van der Waals surface area (Å²) < 4.78 is 5.59. The highest BCUT2D eigenvalue weighted by Crippen LogP contribution is 2.13. The first kappa shape index (κ1) is 16.9. The molecular formula is C17H26N2O3. The number of hydrogen-bond donors (Lipinski definition) is 1. The third-order valence-corrected chi connectivity index (χ3v) is 4.08. The van der Waals surface area contributed by atoms with Gasteiger partial charge in [0.15, 0.2) is 5.78 Å². The van der Waals surface area contributed by atoms with E-state index >= 15 is 0 Å². The molecule has 5 nitrogen and oxygen atoms in total. The van der Waals surface area contributed by atoms with Gasteiger partial charge < -0.3 is 14.7 Å². The van der Waals surface area contributed by atoms with Gasteiger partial charge in [-0.05, 0) is 37.7 Å². The summed E-state index contributed by atoms with van der Waals surface area (Å²) in [4.78, 5) is 15.9. The third kappa shape index (κ3) is 5.09. The standard InChI is InChI=1S/C17H26N2O3/c1-3-18-8-10-19(11-9-18)12-16(21)13-22-17-6-4-15(5-7-17)14(2)20/h4-7,16,21H,3,8-13H2,1-2H3/t16-/m0/s1. The largest absolute Gasteiger partial charge is 0.491 e. The molecule has 0 amide bonds. The zero-order valence-electron chi connectivity index (χ0n) is 13.5. The molecule has 0 bridgehead atoms. The Morgan fingerprint density at radius 2 is 1.77 bits per heavy atom. The van der Waals surface area contributed by atoms with Crippen molar-refractivity contribution in [3.05, 3.63) is 29.8 Å². The Balaban J connectivity index is 1.71. The first-order valence-corrected chi connectivity index (χ1v) is 7.95. The summed E-state index contributed by atoms with van der Waals surface area (Å²) in [6, 6.07) is 7.02. The second-order valence-corrected chi connectivity index (χ2v) is 5.78. The Labute approximate surface area is 132 Å². The summed E-state index contributed by atoms with van der Waals surface area (Å²) in [5, 5.41) is 10.1. The molecule has 22 heavy (non-hydrogen) atoms. The van der Waals surface area contributed by atoms with Gasteiger partial charge in [0, 0.05) is 38.3 Å². The quantitative estimate of drug-likeness (QED) is 0.769. The van der Waals surface area contributed by atoms with Gasteiger partial charge in [0.2, 0.25) is 0 Å². The molecule has 1 aromatic carbocycles. The summed E-state index contributed by atoms with van der Waals surface area (Å²) in [6.45, 7) is 9.85. The van der Waals surface area contributed by atoms with E-state index in [2.05, 4.69) is 16.7 Å². The molecule has 0 unspecified atom stereocenters. The maximum absolute atomic E-state index is 11.2. The van der Waals surface area contributed by atoms with Gasteiger partial charge in [-0.3, -0.25) is 9.69 Å². The lowest BCUT2D eigenvalue weighted by Crippen LogP contribution is -2.49. The Kier molecular flexibility index (Phi) is 6.36. The fourth-order valence-electron chi connectivity index (χ4n) is 2.62. The first-order valence-electron chi connectivity index (χ1n) is 7.95. The Hall–Kier alpha value is -1.43. The molecule has 1 heterocycles.